The van der Waals surface area contributed by atoms with Crippen LogP contribution in [0.4, 0.5) is 56.9 Å². The second kappa shape index (κ2) is 38.7. The van der Waals surface area contributed by atoms with E-state index in [1.54, 1.807) is 72.8 Å². The van der Waals surface area contributed by atoms with Gasteiger partial charge in [0.2, 0.25) is 0 Å². The van der Waals surface area contributed by atoms with Crippen molar-refractivity contribution in [3.05, 3.63) is 216 Å². The van der Waals surface area contributed by atoms with Gasteiger partial charge in [0.15, 0.2) is 0 Å². The summed E-state index contributed by atoms with van der Waals surface area (Å²) in [7, 11) is 0. The summed E-state index contributed by atoms with van der Waals surface area (Å²) >= 11 is 0. The molecule has 3 unspecified atom stereocenters. The molecule has 22 nitrogen and oxygen atoms in total. The van der Waals surface area contributed by atoms with E-state index in [4.69, 9.17) is 32.4 Å². The Hall–Kier alpha value is -10.2. The number of anilines is 10. The third-order valence-corrected chi connectivity index (χ3v) is 22.8. The van der Waals surface area contributed by atoms with Gasteiger partial charge in [-0.15, -0.1) is 0 Å². The summed E-state index contributed by atoms with van der Waals surface area (Å²) in [4.78, 5) is 59.8. The number of amides is 4. The van der Waals surface area contributed by atoms with E-state index in [9.17, 15) is 29.4 Å². The molecule has 4 heterocycles. The smallest absolute Gasteiger partial charge is 0.255 e. The summed E-state index contributed by atoms with van der Waals surface area (Å²) in [6, 6.07) is 59.6. The number of ether oxygens (including phenoxy) is 2. The number of benzene rings is 8. The van der Waals surface area contributed by atoms with Gasteiger partial charge in [-0.3, -0.25) is 33.9 Å². The first-order chi connectivity index (χ1) is 55.1. The lowest BCUT2D eigenvalue weighted by Crippen LogP contribution is -2.56. The van der Waals surface area contributed by atoms with Gasteiger partial charge in [0.25, 0.3) is 23.6 Å². The summed E-state index contributed by atoms with van der Waals surface area (Å²) in [5, 5.41) is 38.7. The van der Waals surface area contributed by atoms with Crippen molar-refractivity contribution < 1.29 is 38.9 Å². The number of nitrogen functional groups attached to an aromatic ring is 4. The standard InChI is InChI=1S/C24H32N4O.C24H33N3O3.C24H31N3O2.C22H30N4O2/c1-24(2)15-20(13-14-28(24)16-17-7-8-17)26-19-11-9-18(10-12-19)23(29)27-22-6-4-3-5-21(22)25;1-23(2)15-19(13-14-27(23)16-24(3,4)29)30-18-11-9-17(10-12-18)22(28)26-21-8-6-5-7-20(21)25;1-24(2)15-20(13-14-27(24)16-17-7-8-17)29-19-11-9-18(10-12-19)23(28)26-22-6-4-3-5-21(22)25;1-22(2,28)15-26-13-11-18(12-14-26)24-17-9-7-16(8-10-17)21(27)25-20-6-4-3-5-19(20)23/h3-6,9-12,17,20,26H,7-8,13-16,25H2,1-2H3,(H,27,29);5-12,19,29H,13-16,25H2,1-4H3,(H,26,28);3-6,9-12,17,20H,7-8,13-16,25H2,1-2H3,(H,26,28);3-10,18,24,28H,11-15,23H2,1-2H3,(H,25,27). The largest absolute Gasteiger partial charge is 0.490 e. The molecular formula is C94H126N14O8. The van der Waals surface area contributed by atoms with Crippen molar-refractivity contribution in [1.82, 2.24) is 19.6 Å². The number of aliphatic hydroxyl groups is 2. The molecule has 4 saturated heterocycles. The average molecular weight is 1580 g/mol. The first-order valence-electron chi connectivity index (χ1n) is 41.5. The zero-order valence-corrected chi connectivity index (χ0v) is 69.7. The van der Waals surface area contributed by atoms with Crippen LogP contribution in [0.3, 0.4) is 0 Å². The summed E-state index contributed by atoms with van der Waals surface area (Å²) in [6.45, 7) is 30.1. The molecule has 116 heavy (non-hydrogen) atoms. The van der Waals surface area contributed by atoms with Gasteiger partial charge in [-0.1, -0.05) is 48.5 Å². The maximum absolute atomic E-state index is 12.5. The molecular weight excluding hydrogens is 1450 g/mol. The van der Waals surface area contributed by atoms with Crippen LogP contribution >= 0.6 is 0 Å². The van der Waals surface area contributed by atoms with Crippen molar-refractivity contribution in [3.63, 3.8) is 0 Å². The number of nitrogens with one attached hydrogen (secondary N) is 6. The van der Waals surface area contributed by atoms with Crippen molar-refractivity contribution in [1.29, 1.82) is 0 Å². The van der Waals surface area contributed by atoms with Gasteiger partial charge in [0, 0.05) is 134 Å². The van der Waals surface area contributed by atoms with Crippen LogP contribution in [0.25, 0.3) is 0 Å². The van der Waals surface area contributed by atoms with Crippen LogP contribution in [0.1, 0.15) is 188 Å². The highest BCUT2D eigenvalue weighted by atomic mass is 16.5. The van der Waals surface area contributed by atoms with Gasteiger partial charge in [-0.25, -0.2) is 0 Å². The first-order valence-corrected chi connectivity index (χ1v) is 41.5. The van der Waals surface area contributed by atoms with Gasteiger partial charge in [0.1, 0.15) is 23.7 Å². The monoisotopic (exact) mass is 1580 g/mol. The second-order valence-electron chi connectivity index (χ2n) is 35.6. The molecule has 6 fully saturated rings. The van der Waals surface area contributed by atoms with E-state index in [1.165, 1.54) is 38.8 Å². The highest BCUT2D eigenvalue weighted by molar-refractivity contribution is 6.08. The van der Waals surface area contributed by atoms with Crippen LogP contribution in [-0.4, -0.2) is 164 Å². The van der Waals surface area contributed by atoms with Crippen molar-refractivity contribution in [2.24, 2.45) is 11.8 Å². The van der Waals surface area contributed by atoms with Crippen molar-refractivity contribution in [2.75, 3.05) is 114 Å². The fourth-order valence-corrected chi connectivity index (χ4v) is 15.9. The number of carbonyl (C=O) groups excluding carboxylic acids is 4. The minimum absolute atomic E-state index is 0.0572. The predicted octanol–water partition coefficient (Wildman–Crippen LogP) is 16.2. The molecule has 0 radical (unpaired) electrons. The van der Waals surface area contributed by atoms with Crippen molar-refractivity contribution >= 4 is 80.5 Å². The highest BCUT2D eigenvalue weighted by Gasteiger charge is 2.41. The molecule has 4 aliphatic heterocycles. The molecule has 3 atom stereocenters. The Bertz CT molecular complexity index is 4380. The molecule has 0 spiro atoms. The molecule has 4 amide bonds. The molecule has 0 aromatic heterocycles. The Morgan fingerprint density at radius 3 is 0.974 bits per heavy atom. The zero-order valence-electron chi connectivity index (χ0n) is 69.7. The molecule has 8 aromatic carbocycles. The minimum atomic E-state index is -0.716. The van der Waals surface area contributed by atoms with Crippen LogP contribution in [0.5, 0.6) is 11.5 Å². The van der Waals surface area contributed by atoms with E-state index in [2.05, 4.69) is 93.0 Å². The maximum atomic E-state index is 12.5. The van der Waals surface area contributed by atoms with Crippen LogP contribution in [0, 0.1) is 11.8 Å². The number of hydrogen-bond donors (Lipinski definition) is 12. The van der Waals surface area contributed by atoms with Crippen LogP contribution in [0.15, 0.2) is 194 Å². The number of para-hydroxylation sites is 8. The van der Waals surface area contributed by atoms with Gasteiger partial charge in [-0.05, 0) is 291 Å². The third-order valence-electron chi connectivity index (χ3n) is 22.8. The average Bonchev–Trinajstić information content (AvgIpc) is 1.07. The van der Waals surface area contributed by atoms with E-state index < -0.39 is 11.2 Å². The summed E-state index contributed by atoms with van der Waals surface area (Å²) in [5.41, 5.74) is 31.6. The van der Waals surface area contributed by atoms with Crippen LogP contribution < -0.4 is 64.3 Å². The fraction of sp³-hybridized carbons (Fsp3) is 0.447. The number of nitrogens with two attached hydrogens (primary N) is 4. The van der Waals surface area contributed by atoms with Crippen molar-refractivity contribution in [2.45, 2.75) is 198 Å². The Morgan fingerprint density at radius 1 is 0.371 bits per heavy atom. The summed E-state index contributed by atoms with van der Waals surface area (Å²) < 4.78 is 12.5. The Balaban J connectivity index is 0.000000152. The first kappa shape index (κ1) is 86.7. The lowest BCUT2D eigenvalue weighted by atomic mass is 9.86. The number of β-amino-alcohol motifs (C(OH)–C–C–N with tert-alkyl or cyclic N) is 2. The Morgan fingerprint density at radius 2 is 0.664 bits per heavy atom. The minimum Gasteiger partial charge on any atom is -0.490 e. The molecule has 14 rings (SSSR count). The van der Waals surface area contributed by atoms with Crippen LogP contribution in [0.2, 0.25) is 0 Å². The second-order valence-corrected chi connectivity index (χ2v) is 35.6. The topological polar surface area (TPSA) is 316 Å². The molecule has 16 N–H and O–H groups in total. The van der Waals surface area contributed by atoms with Crippen molar-refractivity contribution in [3.8, 4) is 11.5 Å². The lowest BCUT2D eigenvalue weighted by molar-refractivity contribution is -0.0433. The summed E-state index contributed by atoms with van der Waals surface area (Å²) in [5.74, 6) is 2.71. The number of carbonyl (C=O) groups is 4. The predicted molar refractivity (Wildman–Crippen MR) is 473 cm³/mol. The Labute approximate surface area is 687 Å². The maximum Gasteiger partial charge on any atom is 0.255 e. The SMILES string of the molecule is CC(C)(O)CN1CCC(Nc2ccc(C(=O)Nc3ccccc3N)cc2)CC1.CC(C)(O)CN1CCC(Oc2ccc(C(=O)Nc3ccccc3N)cc2)CC1(C)C.CC1(C)CC(Nc2ccc(C(=O)Nc3ccccc3N)cc2)CCN1CC1CC1.CC1(C)CC(Oc2ccc(C(=O)Nc3ccccc3N)cc2)CCN1CC1CC1. The van der Waals surface area contributed by atoms with E-state index >= 15 is 0 Å². The molecule has 2 aliphatic carbocycles. The molecule has 0 bridgehead atoms. The number of nitrogens with zero attached hydrogens (tertiary/aromatic N) is 4. The van der Waals surface area contributed by atoms with E-state index in [0.717, 1.165) is 119 Å². The van der Waals surface area contributed by atoms with Gasteiger partial charge >= 0.3 is 0 Å². The van der Waals surface area contributed by atoms with Gasteiger partial charge in [-0.2, -0.15) is 0 Å². The third kappa shape index (κ3) is 26.4. The number of rotatable bonds is 24. The molecule has 2 saturated carbocycles. The fourth-order valence-electron chi connectivity index (χ4n) is 15.9. The molecule has 8 aromatic rings. The van der Waals surface area contributed by atoms with E-state index in [1.807, 2.05) is 149 Å². The quantitative estimate of drug-likeness (QED) is 0.0250. The lowest BCUT2D eigenvalue weighted by Gasteiger charge is -2.47. The Kier molecular flexibility index (Phi) is 28.9. The van der Waals surface area contributed by atoms with Crippen LogP contribution in [-0.2, 0) is 0 Å². The van der Waals surface area contributed by atoms with E-state index in [0.29, 0.717) is 92.9 Å². The van der Waals surface area contributed by atoms with Gasteiger partial charge in [0.05, 0.1) is 56.7 Å². The highest BCUT2D eigenvalue weighted by Crippen LogP contribution is 2.39. The summed E-state index contributed by atoms with van der Waals surface area (Å²) in [6.07, 6.45) is 14.1. The number of likely N-dealkylation sites (tertiary alicyclic amines) is 4. The number of hydrogen-bond acceptors (Lipinski definition) is 18. The van der Waals surface area contributed by atoms with Gasteiger partial charge < -0.3 is 79.4 Å². The number of piperidine rings is 4. The molecule has 620 valence electrons. The van der Waals surface area contributed by atoms with E-state index in [-0.39, 0.29) is 52.5 Å². The zero-order chi connectivity index (χ0) is 83.0. The normalized spacial score (nSPS) is 19.6. The molecule has 22 heteroatoms. The molecule has 6 aliphatic rings.